The van der Waals surface area contributed by atoms with E-state index in [4.69, 9.17) is 0 Å². The van der Waals surface area contributed by atoms with Crippen LogP contribution < -0.4 is 5.32 Å². The molecule has 2 aromatic rings. The van der Waals surface area contributed by atoms with Crippen molar-refractivity contribution in [1.29, 1.82) is 0 Å². The highest BCUT2D eigenvalue weighted by Gasteiger charge is 2.27. The number of carbonyl (C=O) groups is 1. The molecule has 1 fully saturated rings. The zero-order valence-electron chi connectivity index (χ0n) is 15.1. The molecule has 1 amide bonds. The van der Waals surface area contributed by atoms with Gasteiger partial charge in [0.05, 0.1) is 16.5 Å². The van der Waals surface area contributed by atoms with Gasteiger partial charge in [-0.1, -0.05) is 37.8 Å². The molecular weight excluding hydrogens is 368 g/mol. The summed E-state index contributed by atoms with van der Waals surface area (Å²) < 4.78 is 23.4. The van der Waals surface area contributed by atoms with E-state index in [-0.39, 0.29) is 16.7 Å². The summed E-state index contributed by atoms with van der Waals surface area (Å²) in [6.45, 7) is 1.89. The average molecular weight is 393 g/mol. The largest absolute Gasteiger partial charge is 0.301 e. The smallest absolute Gasteiger partial charge is 0.233 e. The maximum absolute atomic E-state index is 12.9. The highest BCUT2D eigenvalue weighted by Crippen LogP contribution is 2.35. The molecule has 140 valence electrons. The number of benzene rings is 1. The third-order valence-corrected chi connectivity index (χ3v) is 6.92. The van der Waals surface area contributed by atoms with Crippen LogP contribution in [0.1, 0.15) is 49.3 Å². The van der Waals surface area contributed by atoms with Gasteiger partial charge in [0.2, 0.25) is 5.91 Å². The van der Waals surface area contributed by atoms with Crippen molar-refractivity contribution in [2.75, 3.05) is 11.6 Å². The van der Waals surface area contributed by atoms with Crippen molar-refractivity contribution in [2.24, 2.45) is 5.92 Å². The van der Waals surface area contributed by atoms with Gasteiger partial charge in [-0.05, 0) is 37.0 Å². The Morgan fingerprint density at radius 1 is 1.27 bits per heavy atom. The Labute approximate surface area is 158 Å². The predicted molar refractivity (Wildman–Crippen MR) is 104 cm³/mol. The Morgan fingerprint density at radius 2 is 1.92 bits per heavy atom. The van der Waals surface area contributed by atoms with Gasteiger partial charge in [-0.15, -0.1) is 11.3 Å². The molecule has 1 aliphatic carbocycles. The molecule has 7 heteroatoms. The molecule has 1 aromatic carbocycles. The first kappa shape index (κ1) is 19.0. The van der Waals surface area contributed by atoms with Gasteiger partial charge in [-0.25, -0.2) is 13.4 Å². The van der Waals surface area contributed by atoms with E-state index >= 15 is 0 Å². The number of nitrogens with zero attached hydrogens (tertiary/aromatic N) is 1. The van der Waals surface area contributed by atoms with E-state index in [1.165, 1.54) is 30.4 Å². The maximum Gasteiger partial charge on any atom is 0.233 e. The van der Waals surface area contributed by atoms with E-state index in [1.54, 1.807) is 24.3 Å². The SMILES string of the molecule is Cc1csc(NC(=O)[C@H](CC2CCCC2)c2ccc(S(C)(=O)=O)cc2)n1. The molecular formula is C19H24N2O3S2. The minimum absolute atomic E-state index is 0.0710. The molecule has 0 bridgehead atoms. The van der Waals surface area contributed by atoms with Crippen LogP contribution in [0.15, 0.2) is 34.5 Å². The van der Waals surface area contributed by atoms with Crippen LogP contribution in [-0.4, -0.2) is 25.6 Å². The number of hydrogen-bond donors (Lipinski definition) is 1. The summed E-state index contributed by atoms with van der Waals surface area (Å²) in [6, 6.07) is 6.71. The number of amides is 1. The van der Waals surface area contributed by atoms with Crippen molar-refractivity contribution in [3.8, 4) is 0 Å². The molecule has 1 heterocycles. The van der Waals surface area contributed by atoms with Crippen LogP contribution >= 0.6 is 11.3 Å². The summed E-state index contributed by atoms with van der Waals surface area (Å²) in [5.41, 5.74) is 1.74. The Hall–Kier alpha value is -1.73. The number of hydrogen-bond acceptors (Lipinski definition) is 5. The zero-order valence-corrected chi connectivity index (χ0v) is 16.7. The van der Waals surface area contributed by atoms with Crippen LogP contribution in [0.5, 0.6) is 0 Å². The third-order valence-electron chi connectivity index (χ3n) is 4.92. The van der Waals surface area contributed by atoms with Gasteiger partial charge in [-0.2, -0.15) is 0 Å². The standard InChI is InChI=1S/C19H24N2O3S2/c1-13-12-25-19(20-13)21-18(22)17(11-14-5-3-4-6-14)15-7-9-16(10-8-15)26(2,23)24/h7-10,12,14,17H,3-6,11H2,1-2H3,(H,20,21,22)/t17-/m1/s1. The number of aromatic nitrogens is 1. The Kier molecular flexibility index (Phi) is 5.77. The summed E-state index contributed by atoms with van der Waals surface area (Å²) in [7, 11) is -3.24. The summed E-state index contributed by atoms with van der Waals surface area (Å²) >= 11 is 1.42. The molecule has 0 saturated heterocycles. The lowest BCUT2D eigenvalue weighted by molar-refractivity contribution is -0.118. The van der Waals surface area contributed by atoms with Crippen molar-refractivity contribution in [3.05, 3.63) is 40.9 Å². The third kappa shape index (κ3) is 4.71. The number of sulfone groups is 1. The number of anilines is 1. The van der Waals surface area contributed by atoms with Crippen LogP contribution in [0.4, 0.5) is 5.13 Å². The minimum Gasteiger partial charge on any atom is -0.301 e. The van der Waals surface area contributed by atoms with Crippen LogP contribution in [0.3, 0.4) is 0 Å². The average Bonchev–Trinajstić information content (AvgIpc) is 3.23. The maximum atomic E-state index is 12.9. The molecule has 0 radical (unpaired) electrons. The first-order valence-electron chi connectivity index (χ1n) is 8.86. The molecule has 0 aliphatic heterocycles. The Balaban J connectivity index is 1.83. The van der Waals surface area contributed by atoms with Gasteiger partial charge in [-0.3, -0.25) is 4.79 Å². The monoisotopic (exact) mass is 392 g/mol. The first-order valence-corrected chi connectivity index (χ1v) is 11.6. The minimum atomic E-state index is -3.24. The summed E-state index contributed by atoms with van der Waals surface area (Å²) in [5.74, 6) is 0.174. The lowest BCUT2D eigenvalue weighted by Crippen LogP contribution is -2.23. The number of rotatable bonds is 6. The second kappa shape index (κ2) is 7.88. The van der Waals surface area contributed by atoms with E-state index < -0.39 is 9.84 Å². The van der Waals surface area contributed by atoms with Crippen molar-refractivity contribution >= 4 is 32.2 Å². The van der Waals surface area contributed by atoms with Gasteiger partial charge in [0, 0.05) is 11.6 Å². The second-order valence-corrected chi connectivity index (χ2v) is 9.94. The molecule has 3 rings (SSSR count). The lowest BCUT2D eigenvalue weighted by atomic mass is 9.87. The Morgan fingerprint density at radius 3 is 2.46 bits per heavy atom. The van der Waals surface area contributed by atoms with Crippen LogP contribution in [-0.2, 0) is 14.6 Å². The fourth-order valence-corrected chi connectivity index (χ4v) is 4.85. The normalized spacial score (nSPS) is 16.5. The molecule has 0 spiro atoms. The first-order chi connectivity index (χ1) is 12.3. The summed E-state index contributed by atoms with van der Waals surface area (Å²) in [6.07, 6.45) is 6.72. The Bertz CT molecular complexity index is 866. The zero-order chi connectivity index (χ0) is 18.7. The molecule has 1 aliphatic rings. The van der Waals surface area contributed by atoms with Crippen molar-refractivity contribution in [1.82, 2.24) is 4.98 Å². The highest BCUT2D eigenvalue weighted by molar-refractivity contribution is 7.90. The van der Waals surface area contributed by atoms with Crippen molar-refractivity contribution < 1.29 is 13.2 Å². The highest BCUT2D eigenvalue weighted by atomic mass is 32.2. The number of nitrogens with one attached hydrogen (secondary N) is 1. The van der Waals surface area contributed by atoms with Gasteiger partial charge < -0.3 is 5.32 Å². The topological polar surface area (TPSA) is 76.1 Å². The molecule has 1 saturated carbocycles. The van der Waals surface area contributed by atoms with Crippen molar-refractivity contribution in [3.63, 3.8) is 0 Å². The van der Waals surface area contributed by atoms with Gasteiger partial charge in [0.15, 0.2) is 15.0 Å². The molecule has 26 heavy (non-hydrogen) atoms. The fourth-order valence-electron chi connectivity index (χ4n) is 3.53. The number of thiazole rings is 1. The van der Waals surface area contributed by atoms with Crippen LogP contribution in [0.2, 0.25) is 0 Å². The predicted octanol–water partition coefficient (Wildman–Crippen LogP) is 4.16. The van der Waals surface area contributed by atoms with Gasteiger partial charge in [0.1, 0.15) is 0 Å². The second-order valence-electron chi connectivity index (χ2n) is 7.06. The van der Waals surface area contributed by atoms with Crippen LogP contribution in [0.25, 0.3) is 0 Å². The molecule has 1 aromatic heterocycles. The summed E-state index contributed by atoms with van der Waals surface area (Å²) in [4.78, 5) is 17.5. The fraction of sp³-hybridized carbons (Fsp3) is 0.474. The van der Waals surface area contributed by atoms with E-state index in [2.05, 4.69) is 10.3 Å². The molecule has 5 nitrogen and oxygen atoms in total. The van der Waals surface area contributed by atoms with E-state index in [0.29, 0.717) is 11.0 Å². The van der Waals surface area contributed by atoms with E-state index in [0.717, 1.165) is 30.5 Å². The van der Waals surface area contributed by atoms with Crippen LogP contribution in [0, 0.1) is 12.8 Å². The molecule has 0 unspecified atom stereocenters. The van der Waals surface area contributed by atoms with E-state index in [9.17, 15) is 13.2 Å². The van der Waals surface area contributed by atoms with Gasteiger partial charge >= 0.3 is 0 Å². The lowest BCUT2D eigenvalue weighted by Gasteiger charge is -2.20. The quantitative estimate of drug-likeness (QED) is 0.801. The summed E-state index contributed by atoms with van der Waals surface area (Å²) in [5, 5.41) is 5.44. The molecule has 1 N–H and O–H groups in total. The van der Waals surface area contributed by atoms with Crippen molar-refractivity contribution in [2.45, 2.75) is 49.8 Å². The molecule has 1 atom stereocenters. The number of aryl methyl sites for hydroxylation is 1. The van der Waals surface area contributed by atoms with Gasteiger partial charge in [0.25, 0.3) is 0 Å². The number of carbonyl (C=O) groups excluding carboxylic acids is 1. The van der Waals surface area contributed by atoms with E-state index in [1.807, 2.05) is 12.3 Å².